The molecule has 23 heavy (non-hydrogen) atoms. The second kappa shape index (κ2) is 6.61. The van der Waals surface area contributed by atoms with Gasteiger partial charge >= 0.3 is 0 Å². The molecule has 0 aromatic carbocycles. The largest absolute Gasteiger partial charge is 0.381 e. The molecule has 0 radical (unpaired) electrons. The molecule has 0 bridgehead atoms. The molecular formula is C17H26N4O2. The van der Waals surface area contributed by atoms with Gasteiger partial charge in [-0.3, -0.25) is 14.4 Å². The zero-order valence-electron chi connectivity index (χ0n) is 13.7. The van der Waals surface area contributed by atoms with E-state index in [0.717, 1.165) is 71.1 Å². The van der Waals surface area contributed by atoms with Crippen molar-refractivity contribution >= 4 is 5.91 Å². The topological polar surface area (TPSA) is 50.6 Å². The monoisotopic (exact) mass is 318 g/mol. The molecule has 3 aliphatic heterocycles. The normalized spacial score (nSPS) is 25.9. The van der Waals surface area contributed by atoms with E-state index in [4.69, 9.17) is 4.74 Å². The SMILES string of the molecule is O=C(C[C@H]1CN(CC2CCOCC2)Cc2ccnn21)N1CCC1. The zero-order chi connectivity index (χ0) is 15.6. The Labute approximate surface area is 137 Å². The minimum Gasteiger partial charge on any atom is -0.381 e. The van der Waals surface area contributed by atoms with E-state index in [1.54, 1.807) is 0 Å². The van der Waals surface area contributed by atoms with Gasteiger partial charge in [0, 0.05) is 52.1 Å². The Morgan fingerprint density at radius 3 is 2.87 bits per heavy atom. The second-order valence-electron chi connectivity index (χ2n) is 7.11. The average molecular weight is 318 g/mol. The summed E-state index contributed by atoms with van der Waals surface area (Å²) >= 11 is 0. The number of likely N-dealkylation sites (tertiary alicyclic amines) is 1. The number of aromatic nitrogens is 2. The molecule has 1 aromatic heterocycles. The van der Waals surface area contributed by atoms with Gasteiger partial charge in [-0.25, -0.2) is 0 Å². The van der Waals surface area contributed by atoms with Crippen molar-refractivity contribution in [3.05, 3.63) is 18.0 Å². The smallest absolute Gasteiger partial charge is 0.224 e. The summed E-state index contributed by atoms with van der Waals surface area (Å²) in [5.41, 5.74) is 1.24. The van der Waals surface area contributed by atoms with Gasteiger partial charge in [-0.05, 0) is 31.2 Å². The second-order valence-corrected chi connectivity index (χ2v) is 7.11. The number of hydrogen-bond donors (Lipinski definition) is 0. The van der Waals surface area contributed by atoms with E-state index >= 15 is 0 Å². The van der Waals surface area contributed by atoms with Crippen LogP contribution in [0.2, 0.25) is 0 Å². The summed E-state index contributed by atoms with van der Waals surface area (Å²) in [7, 11) is 0. The first-order valence-electron chi connectivity index (χ1n) is 8.90. The Balaban J connectivity index is 1.42. The maximum atomic E-state index is 12.4. The van der Waals surface area contributed by atoms with Gasteiger partial charge in [0.1, 0.15) is 0 Å². The summed E-state index contributed by atoms with van der Waals surface area (Å²) in [6.45, 7) is 6.66. The zero-order valence-corrected chi connectivity index (χ0v) is 13.7. The molecule has 4 heterocycles. The Kier molecular flexibility index (Phi) is 4.35. The van der Waals surface area contributed by atoms with Crippen molar-refractivity contribution < 1.29 is 9.53 Å². The third-order valence-corrected chi connectivity index (χ3v) is 5.43. The van der Waals surface area contributed by atoms with Crippen molar-refractivity contribution in [1.82, 2.24) is 19.6 Å². The molecule has 2 fully saturated rings. The highest BCUT2D eigenvalue weighted by Crippen LogP contribution is 2.26. The lowest BCUT2D eigenvalue weighted by Gasteiger charge is -2.38. The van der Waals surface area contributed by atoms with Gasteiger partial charge in [0.15, 0.2) is 0 Å². The van der Waals surface area contributed by atoms with Crippen LogP contribution in [0.5, 0.6) is 0 Å². The molecule has 4 rings (SSSR count). The van der Waals surface area contributed by atoms with Crippen LogP contribution in [0.4, 0.5) is 0 Å². The van der Waals surface area contributed by atoms with E-state index < -0.39 is 0 Å². The fourth-order valence-electron chi connectivity index (χ4n) is 3.95. The van der Waals surface area contributed by atoms with Gasteiger partial charge in [0.05, 0.1) is 18.2 Å². The van der Waals surface area contributed by atoms with Crippen LogP contribution >= 0.6 is 0 Å². The molecule has 1 atom stereocenters. The summed E-state index contributed by atoms with van der Waals surface area (Å²) < 4.78 is 7.55. The third kappa shape index (κ3) is 3.28. The van der Waals surface area contributed by atoms with Gasteiger partial charge in [-0.2, -0.15) is 5.10 Å². The van der Waals surface area contributed by atoms with Crippen molar-refractivity contribution in [2.75, 3.05) is 39.4 Å². The van der Waals surface area contributed by atoms with E-state index in [1.807, 2.05) is 11.1 Å². The van der Waals surface area contributed by atoms with Crippen molar-refractivity contribution in [2.24, 2.45) is 5.92 Å². The highest BCUT2D eigenvalue weighted by Gasteiger charge is 2.31. The molecule has 0 unspecified atom stereocenters. The predicted molar refractivity (Wildman–Crippen MR) is 85.9 cm³/mol. The number of nitrogens with zero attached hydrogens (tertiary/aromatic N) is 4. The summed E-state index contributed by atoms with van der Waals surface area (Å²) in [5, 5.41) is 4.47. The van der Waals surface area contributed by atoms with E-state index in [2.05, 4.69) is 20.7 Å². The van der Waals surface area contributed by atoms with Gasteiger partial charge < -0.3 is 9.64 Å². The van der Waals surface area contributed by atoms with Gasteiger partial charge in [-0.1, -0.05) is 0 Å². The Morgan fingerprint density at radius 1 is 1.30 bits per heavy atom. The lowest BCUT2D eigenvalue weighted by molar-refractivity contribution is -0.135. The molecule has 3 aliphatic rings. The summed E-state index contributed by atoms with van der Waals surface area (Å²) in [5.74, 6) is 1.01. The molecule has 0 spiro atoms. The quantitative estimate of drug-likeness (QED) is 0.839. The van der Waals surface area contributed by atoms with Gasteiger partial charge in [0.25, 0.3) is 0 Å². The first-order valence-corrected chi connectivity index (χ1v) is 8.90. The van der Waals surface area contributed by atoms with Crippen molar-refractivity contribution in [2.45, 2.75) is 38.3 Å². The van der Waals surface area contributed by atoms with E-state index in [9.17, 15) is 4.79 Å². The number of carbonyl (C=O) groups is 1. The van der Waals surface area contributed by atoms with Crippen LogP contribution < -0.4 is 0 Å². The number of carbonyl (C=O) groups excluding carboxylic acids is 1. The van der Waals surface area contributed by atoms with Crippen molar-refractivity contribution in [1.29, 1.82) is 0 Å². The third-order valence-electron chi connectivity index (χ3n) is 5.43. The first-order chi connectivity index (χ1) is 11.3. The van der Waals surface area contributed by atoms with Crippen molar-refractivity contribution in [3.63, 3.8) is 0 Å². The van der Waals surface area contributed by atoms with Gasteiger partial charge in [-0.15, -0.1) is 0 Å². The maximum Gasteiger partial charge on any atom is 0.224 e. The summed E-state index contributed by atoms with van der Waals surface area (Å²) in [6.07, 6.45) is 5.92. The van der Waals surface area contributed by atoms with Crippen LogP contribution in [-0.4, -0.2) is 64.9 Å². The van der Waals surface area contributed by atoms with Gasteiger partial charge in [0.2, 0.25) is 5.91 Å². The lowest BCUT2D eigenvalue weighted by atomic mass is 9.98. The molecule has 0 saturated carbocycles. The predicted octanol–water partition coefficient (Wildman–Crippen LogP) is 1.29. The van der Waals surface area contributed by atoms with Crippen LogP contribution in [0.25, 0.3) is 0 Å². The Hall–Kier alpha value is -1.40. The van der Waals surface area contributed by atoms with E-state index in [-0.39, 0.29) is 11.9 Å². The summed E-state index contributed by atoms with van der Waals surface area (Å²) in [4.78, 5) is 16.9. The lowest BCUT2D eigenvalue weighted by Crippen LogP contribution is -2.46. The first kappa shape index (κ1) is 15.1. The minimum atomic E-state index is 0.182. The number of fused-ring (bicyclic) bond motifs is 1. The highest BCUT2D eigenvalue weighted by molar-refractivity contribution is 5.77. The highest BCUT2D eigenvalue weighted by atomic mass is 16.5. The molecule has 0 N–H and O–H groups in total. The number of hydrogen-bond acceptors (Lipinski definition) is 4. The Morgan fingerprint density at radius 2 is 2.13 bits per heavy atom. The molecule has 1 amide bonds. The van der Waals surface area contributed by atoms with Crippen LogP contribution in [0, 0.1) is 5.92 Å². The van der Waals surface area contributed by atoms with E-state index in [1.165, 1.54) is 5.69 Å². The number of rotatable bonds is 4. The van der Waals surface area contributed by atoms with Crippen LogP contribution in [-0.2, 0) is 16.1 Å². The number of amides is 1. The van der Waals surface area contributed by atoms with Crippen molar-refractivity contribution in [3.8, 4) is 0 Å². The molecule has 0 aliphatic carbocycles. The fourth-order valence-corrected chi connectivity index (χ4v) is 3.95. The minimum absolute atomic E-state index is 0.182. The molecule has 1 aromatic rings. The number of ether oxygens (including phenoxy) is 1. The average Bonchev–Trinajstić information content (AvgIpc) is 2.95. The van der Waals surface area contributed by atoms with E-state index in [0.29, 0.717) is 6.42 Å². The molecular weight excluding hydrogens is 292 g/mol. The molecule has 6 nitrogen and oxygen atoms in total. The maximum absolute atomic E-state index is 12.4. The summed E-state index contributed by atoms with van der Waals surface area (Å²) in [6, 6.07) is 2.28. The van der Waals surface area contributed by atoms with Crippen LogP contribution in [0.15, 0.2) is 12.3 Å². The molecule has 6 heteroatoms. The standard InChI is InChI=1S/C17H26N4O2/c22-17(20-6-1-7-20)10-16-13-19(11-14-3-8-23-9-4-14)12-15-2-5-18-21(15)16/h2,5,14,16H,1,3-4,6-13H2/t16-/m0/s1. The molecule has 126 valence electrons. The fraction of sp³-hybridized carbons (Fsp3) is 0.765. The Bertz CT molecular complexity index is 549. The molecule has 2 saturated heterocycles. The van der Waals surface area contributed by atoms with Crippen LogP contribution in [0.1, 0.15) is 37.4 Å². The van der Waals surface area contributed by atoms with Crippen LogP contribution in [0.3, 0.4) is 0 Å².